The molecular formula is C40H56O4. The van der Waals surface area contributed by atoms with Gasteiger partial charge in [0.15, 0.2) is 17.3 Å². The maximum absolute atomic E-state index is 13.8. The third-order valence-corrected chi connectivity index (χ3v) is 14.7. The first-order chi connectivity index (χ1) is 20.6. The van der Waals surface area contributed by atoms with E-state index in [0.29, 0.717) is 29.6 Å². The molecule has 240 valence electrons. The second kappa shape index (κ2) is 10.3. The number of carbonyl (C=O) groups excluding carboxylic acids is 1. The summed E-state index contributed by atoms with van der Waals surface area (Å²) in [5, 5.41) is 20.3. The highest BCUT2D eigenvalue weighted by Crippen LogP contribution is 2.74. The number of rotatable bonds is 5. The number of carbonyl (C=O) groups is 1. The lowest BCUT2D eigenvalue weighted by Crippen LogP contribution is -2.61. The van der Waals surface area contributed by atoms with Crippen molar-refractivity contribution in [1.29, 1.82) is 0 Å². The number of aliphatic hydroxyl groups excluding tert-OH is 1. The predicted octanol–water partition coefficient (Wildman–Crippen LogP) is 9.31. The average molecular weight is 601 g/mol. The number of ether oxygens (including phenoxy) is 1. The van der Waals surface area contributed by atoms with E-state index in [-0.39, 0.29) is 44.5 Å². The monoisotopic (exact) mass is 600 g/mol. The van der Waals surface area contributed by atoms with E-state index in [1.54, 1.807) is 29.4 Å². The van der Waals surface area contributed by atoms with Gasteiger partial charge in [-0.3, -0.25) is 4.79 Å². The first kappa shape index (κ1) is 31.6. The van der Waals surface area contributed by atoms with E-state index in [9.17, 15) is 15.0 Å². The van der Waals surface area contributed by atoms with Crippen LogP contribution >= 0.6 is 0 Å². The number of aliphatic hydroxyl groups is 1. The van der Waals surface area contributed by atoms with Crippen LogP contribution in [0.4, 0.5) is 0 Å². The van der Waals surface area contributed by atoms with E-state index < -0.39 is 0 Å². The lowest BCUT2D eigenvalue weighted by Gasteiger charge is -2.69. The molecule has 0 amide bonds. The number of hydrogen-bond acceptors (Lipinski definition) is 4. The maximum Gasteiger partial charge on any atom is 0.161 e. The Balaban J connectivity index is 1.29. The molecule has 0 spiro atoms. The number of phenolic OH excluding ortho intramolecular Hbond substituents is 1. The van der Waals surface area contributed by atoms with Gasteiger partial charge in [-0.05, 0) is 137 Å². The molecule has 5 aliphatic carbocycles. The summed E-state index contributed by atoms with van der Waals surface area (Å²) in [4.78, 5) is 13.8. The van der Waals surface area contributed by atoms with E-state index in [0.717, 1.165) is 44.1 Å². The van der Waals surface area contributed by atoms with Gasteiger partial charge in [-0.2, -0.15) is 0 Å². The van der Waals surface area contributed by atoms with Gasteiger partial charge >= 0.3 is 0 Å². The SMILES string of the molecule is COc1cc(C=CC(=O)[C@H]2CC[C@]3(C)C4=CC[C@]5(C)C6C[C@](C)(CO)CC[C@]6(C)CC[C@]5(C)C4=CC[C@@H]3C2(C)C)ccc1O. The van der Waals surface area contributed by atoms with Crippen molar-refractivity contribution in [3.63, 3.8) is 0 Å². The quantitative estimate of drug-likeness (QED) is 0.331. The Morgan fingerprint density at radius 1 is 0.955 bits per heavy atom. The molecule has 2 N–H and O–H groups in total. The Hall–Kier alpha value is -2.33. The Morgan fingerprint density at radius 2 is 1.68 bits per heavy atom. The molecule has 1 aromatic rings. The molecule has 8 atom stereocenters. The van der Waals surface area contributed by atoms with Crippen molar-refractivity contribution < 1.29 is 19.7 Å². The van der Waals surface area contributed by atoms with Gasteiger partial charge < -0.3 is 14.9 Å². The zero-order chi connectivity index (χ0) is 31.9. The molecule has 3 fully saturated rings. The van der Waals surface area contributed by atoms with E-state index in [4.69, 9.17) is 4.74 Å². The van der Waals surface area contributed by atoms with Crippen molar-refractivity contribution in [2.75, 3.05) is 13.7 Å². The predicted molar refractivity (Wildman–Crippen MR) is 178 cm³/mol. The molecule has 0 saturated heterocycles. The van der Waals surface area contributed by atoms with Crippen LogP contribution in [0.5, 0.6) is 11.5 Å². The van der Waals surface area contributed by atoms with Crippen LogP contribution in [0.15, 0.2) is 47.6 Å². The third kappa shape index (κ3) is 4.43. The smallest absolute Gasteiger partial charge is 0.161 e. The summed E-state index contributed by atoms with van der Waals surface area (Å²) >= 11 is 0. The molecule has 6 rings (SSSR count). The Bertz CT molecular complexity index is 1430. The largest absolute Gasteiger partial charge is 0.504 e. The first-order valence-electron chi connectivity index (χ1n) is 17.2. The summed E-state index contributed by atoms with van der Waals surface area (Å²) in [5.74, 6) is 1.70. The molecule has 4 nitrogen and oxygen atoms in total. The second-order valence-electron chi connectivity index (χ2n) is 17.4. The van der Waals surface area contributed by atoms with Gasteiger partial charge in [0.05, 0.1) is 7.11 Å². The minimum atomic E-state index is -0.136. The number of hydrogen-bond donors (Lipinski definition) is 2. The van der Waals surface area contributed by atoms with Crippen molar-refractivity contribution >= 4 is 11.9 Å². The standard InChI is InChI=1S/C40H56O4/c1-35(2)29(30(42)12-9-26-10-13-31(43)32(23-26)44-8)15-17-38(5)27-16-18-40(7)34-24-36(3,25-41)19-20-37(34,4)21-22-39(40,6)28(27)11-14-33(35)38/h9-13,16,23,29,33-34,41,43H,14-15,17-22,24-25H2,1-8H3/t29-,33-,34?,36-,37-,38-,39-,40-/m1/s1. The van der Waals surface area contributed by atoms with Gasteiger partial charge in [0.25, 0.3) is 0 Å². The van der Waals surface area contributed by atoms with Crippen LogP contribution in [0.1, 0.15) is 112 Å². The van der Waals surface area contributed by atoms with Crippen LogP contribution in [-0.2, 0) is 4.79 Å². The molecule has 5 aliphatic rings. The van der Waals surface area contributed by atoms with Crippen LogP contribution in [-0.4, -0.2) is 29.7 Å². The minimum Gasteiger partial charge on any atom is -0.504 e. The van der Waals surface area contributed by atoms with Crippen molar-refractivity contribution in [2.45, 2.75) is 106 Å². The lowest BCUT2D eigenvalue weighted by atomic mass is 9.35. The molecule has 0 bridgehead atoms. The van der Waals surface area contributed by atoms with Crippen molar-refractivity contribution in [3.8, 4) is 11.5 Å². The molecule has 0 aromatic heterocycles. The molecular weight excluding hydrogens is 544 g/mol. The van der Waals surface area contributed by atoms with Crippen molar-refractivity contribution in [2.24, 2.45) is 50.2 Å². The first-order valence-corrected chi connectivity index (χ1v) is 17.2. The molecule has 3 saturated carbocycles. The van der Waals surface area contributed by atoms with Gasteiger partial charge in [0.1, 0.15) is 0 Å². The highest BCUT2D eigenvalue weighted by molar-refractivity contribution is 5.96. The van der Waals surface area contributed by atoms with Crippen LogP contribution < -0.4 is 4.74 Å². The molecule has 0 heterocycles. The highest BCUT2D eigenvalue weighted by atomic mass is 16.5. The number of benzene rings is 1. The Kier molecular flexibility index (Phi) is 7.44. The van der Waals surface area contributed by atoms with Gasteiger partial charge in [-0.1, -0.05) is 72.8 Å². The summed E-state index contributed by atoms with van der Waals surface area (Å²) in [6.45, 7) is 17.5. The van der Waals surface area contributed by atoms with Crippen molar-refractivity contribution in [3.05, 3.63) is 53.1 Å². The van der Waals surface area contributed by atoms with Crippen LogP contribution in [0, 0.1) is 50.2 Å². The molecule has 0 radical (unpaired) electrons. The minimum absolute atomic E-state index is 0.0235. The van der Waals surface area contributed by atoms with E-state index in [2.05, 4.69) is 60.6 Å². The number of allylic oxidation sites excluding steroid dienone is 5. The molecule has 44 heavy (non-hydrogen) atoms. The zero-order valence-electron chi connectivity index (χ0n) is 28.6. The summed E-state index contributed by atoms with van der Waals surface area (Å²) in [6, 6.07) is 5.19. The second-order valence-corrected chi connectivity index (χ2v) is 17.4. The summed E-state index contributed by atoms with van der Waals surface area (Å²) in [5.41, 5.74) is 4.68. The van der Waals surface area contributed by atoms with Gasteiger partial charge in [-0.15, -0.1) is 0 Å². The van der Waals surface area contributed by atoms with Crippen LogP contribution in [0.3, 0.4) is 0 Å². The van der Waals surface area contributed by atoms with E-state index in [1.165, 1.54) is 26.4 Å². The molecule has 1 unspecified atom stereocenters. The van der Waals surface area contributed by atoms with Gasteiger partial charge in [0.2, 0.25) is 0 Å². The summed E-state index contributed by atoms with van der Waals surface area (Å²) in [6.07, 6.45) is 19.0. The fourth-order valence-electron chi connectivity index (χ4n) is 11.4. The Morgan fingerprint density at radius 3 is 2.39 bits per heavy atom. The third-order valence-electron chi connectivity index (χ3n) is 14.7. The number of phenols is 1. The average Bonchev–Trinajstić information content (AvgIpc) is 2.98. The normalized spacial score (nSPS) is 42.7. The number of ketones is 1. The number of methoxy groups -OCH3 is 1. The Labute approximate surface area is 266 Å². The van der Waals surface area contributed by atoms with E-state index >= 15 is 0 Å². The van der Waals surface area contributed by atoms with Gasteiger partial charge in [-0.25, -0.2) is 0 Å². The highest BCUT2D eigenvalue weighted by Gasteiger charge is 2.66. The summed E-state index contributed by atoms with van der Waals surface area (Å²) < 4.78 is 5.26. The zero-order valence-corrected chi connectivity index (χ0v) is 28.6. The van der Waals surface area contributed by atoms with Crippen LogP contribution in [0.25, 0.3) is 6.08 Å². The van der Waals surface area contributed by atoms with Crippen molar-refractivity contribution in [1.82, 2.24) is 0 Å². The number of fused-ring (bicyclic) bond motifs is 7. The molecule has 4 heteroatoms. The number of aromatic hydroxyl groups is 1. The lowest BCUT2D eigenvalue weighted by molar-refractivity contribution is -0.149. The van der Waals surface area contributed by atoms with Crippen LogP contribution in [0.2, 0.25) is 0 Å². The fraction of sp³-hybridized carbons (Fsp3) is 0.675. The maximum atomic E-state index is 13.8. The summed E-state index contributed by atoms with van der Waals surface area (Å²) in [7, 11) is 1.54. The molecule has 1 aromatic carbocycles. The van der Waals surface area contributed by atoms with E-state index in [1.807, 2.05) is 12.1 Å². The van der Waals surface area contributed by atoms with Gasteiger partial charge in [0, 0.05) is 12.5 Å². The molecule has 0 aliphatic heterocycles. The fourth-order valence-corrected chi connectivity index (χ4v) is 11.4. The topological polar surface area (TPSA) is 66.8 Å².